The summed E-state index contributed by atoms with van der Waals surface area (Å²) in [5.41, 5.74) is 0.940. The number of hydrogen-bond donors (Lipinski definition) is 0. The van der Waals surface area contributed by atoms with Gasteiger partial charge in [-0.1, -0.05) is 6.07 Å². The maximum absolute atomic E-state index is 12.9. The summed E-state index contributed by atoms with van der Waals surface area (Å²) in [6.07, 6.45) is 0. The topological polar surface area (TPSA) is 119 Å². The van der Waals surface area contributed by atoms with Crippen LogP contribution in [0.5, 0.6) is 5.75 Å². The number of hydrogen-bond acceptors (Lipinski definition) is 7. The lowest BCUT2D eigenvalue weighted by molar-refractivity contribution is -0.385. The molecule has 10 nitrogen and oxygen atoms in total. The summed E-state index contributed by atoms with van der Waals surface area (Å²) in [4.78, 5) is 37.9. The number of benzene rings is 2. The minimum Gasteiger partial charge on any atom is -0.496 e. The van der Waals surface area contributed by atoms with Gasteiger partial charge in [0.1, 0.15) is 11.4 Å². The van der Waals surface area contributed by atoms with E-state index in [1.54, 1.807) is 30.0 Å². The van der Waals surface area contributed by atoms with Crippen LogP contribution in [-0.2, 0) is 0 Å². The van der Waals surface area contributed by atoms with Crippen LogP contribution in [0.3, 0.4) is 0 Å². The molecular weight excluding hydrogens is 380 g/mol. The first-order valence-electron chi connectivity index (χ1n) is 8.94. The van der Waals surface area contributed by atoms with Gasteiger partial charge in [-0.15, -0.1) is 0 Å². The van der Waals surface area contributed by atoms with E-state index in [1.165, 1.54) is 25.3 Å². The average Bonchev–Trinajstić information content (AvgIpc) is 2.72. The van der Waals surface area contributed by atoms with Crippen molar-refractivity contribution in [3.05, 3.63) is 67.8 Å². The number of rotatable bonds is 5. The molecule has 0 radical (unpaired) electrons. The number of nitrogens with zero attached hydrogens (tertiary/aromatic N) is 4. The van der Waals surface area contributed by atoms with Gasteiger partial charge >= 0.3 is 0 Å². The molecule has 1 fully saturated rings. The predicted octanol–water partition coefficient (Wildman–Crippen LogP) is 2.78. The molecule has 3 rings (SSSR count). The lowest BCUT2D eigenvalue weighted by Crippen LogP contribution is -2.49. The Balaban J connectivity index is 1.76. The van der Waals surface area contributed by atoms with Gasteiger partial charge in [0.15, 0.2) is 0 Å². The molecule has 29 heavy (non-hydrogen) atoms. The highest BCUT2D eigenvalue weighted by atomic mass is 16.6. The van der Waals surface area contributed by atoms with Gasteiger partial charge in [0.25, 0.3) is 17.3 Å². The van der Waals surface area contributed by atoms with Crippen molar-refractivity contribution in [2.24, 2.45) is 0 Å². The molecule has 1 amide bonds. The smallest absolute Gasteiger partial charge is 0.296 e. The van der Waals surface area contributed by atoms with E-state index >= 15 is 0 Å². The third kappa shape index (κ3) is 3.96. The molecule has 0 spiro atoms. The molecule has 0 aromatic heterocycles. The number of nitro groups is 2. The van der Waals surface area contributed by atoms with E-state index in [0.29, 0.717) is 48.7 Å². The second-order valence-corrected chi connectivity index (χ2v) is 6.60. The van der Waals surface area contributed by atoms with E-state index in [-0.39, 0.29) is 17.3 Å². The van der Waals surface area contributed by atoms with Crippen molar-refractivity contribution in [2.75, 3.05) is 38.2 Å². The first-order valence-corrected chi connectivity index (χ1v) is 8.94. The third-order valence-electron chi connectivity index (χ3n) is 5.02. The van der Waals surface area contributed by atoms with E-state index in [0.717, 1.165) is 0 Å². The van der Waals surface area contributed by atoms with Crippen molar-refractivity contribution in [1.82, 2.24) is 4.90 Å². The van der Waals surface area contributed by atoms with Crippen LogP contribution >= 0.6 is 0 Å². The molecule has 0 atom stereocenters. The number of anilines is 1. The Bertz CT molecular complexity index is 969. The van der Waals surface area contributed by atoms with Gasteiger partial charge in [-0.2, -0.15) is 0 Å². The molecule has 1 heterocycles. The fraction of sp³-hybridized carbons (Fsp3) is 0.316. The first-order chi connectivity index (χ1) is 13.8. The van der Waals surface area contributed by atoms with E-state index in [9.17, 15) is 25.0 Å². The number of piperazine rings is 1. The molecule has 0 N–H and O–H groups in total. The van der Waals surface area contributed by atoms with E-state index in [2.05, 4.69) is 0 Å². The molecule has 10 heteroatoms. The first kappa shape index (κ1) is 20.1. The van der Waals surface area contributed by atoms with Crippen LogP contribution in [-0.4, -0.2) is 53.9 Å². The average molecular weight is 400 g/mol. The second kappa shape index (κ2) is 8.13. The van der Waals surface area contributed by atoms with Gasteiger partial charge in [0.05, 0.1) is 23.0 Å². The molecule has 0 bridgehead atoms. The number of amides is 1. The van der Waals surface area contributed by atoms with Crippen molar-refractivity contribution in [1.29, 1.82) is 0 Å². The highest BCUT2D eigenvalue weighted by Gasteiger charge is 2.28. The lowest BCUT2D eigenvalue weighted by atomic mass is 10.1. The molecule has 1 saturated heterocycles. The summed E-state index contributed by atoms with van der Waals surface area (Å²) in [5.74, 6) is 0.116. The minimum absolute atomic E-state index is 0.0568. The summed E-state index contributed by atoms with van der Waals surface area (Å²) >= 11 is 0. The maximum Gasteiger partial charge on any atom is 0.296 e. The maximum atomic E-state index is 12.9. The number of carbonyl (C=O) groups is 1. The summed E-state index contributed by atoms with van der Waals surface area (Å²) in [5, 5.41) is 22.5. The fourth-order valence-corrected chi connectivity index (χ4v) is 3.42. The summed E-state index contributed by atoms with van der Waals surface area (Å²) < 4.78 is 5.06. The number of ether oxygens (including phenoxy) is 1. The van der Waals surface area contributed by atoms with Gasteiger partial charge < -0.3 is 14.5 Å². The zero-order valence-corrected chi connectivity index (χ0v) is 16.0. The standard InChI is InChI=1S/C19H20N4O6/c1-13-15(4-3-5-16(13)22(25)26)19(24)21-10-8-20(9-11-21)17-7-6-14(29-2)12-18(17)23(27)28/h3-7,12H,8-11H2,1-2H3. The quantitative estimate of drug-likeness (QED) is 0.559. The Labute approximate surface area is 166 Å². The van der Waals surface area contributed by atoms with Gasteiger partial charge in [0, 0.05) is 43.4 Å². The number of methoxy groups -OCH3 is 1. The van der Waals surface area contributed by atoms with E-state index < -0.39 is 9.85 Å². The van der Waals surface area contributed by atoms with Crippen molar-refractivity contribution in [3.63, 3.8) is 0 Å². The molecule has 1 aliphatic heterocycles. The Morgan fingerprint density at radius 3 is 2.24 bits per heavy atom. The van der Waals surface area contributed by atoms with Gasteiger partial charge in [-0.25, -0.2) is 0 Å². The van der Waals surface area contributed by atoms with Crippen molar-refractivity contribution >= 4 is 23.0 Å². The van der Waals surface area contributed by atoms with E-state index in [1.807, 2.05) is 4.90 Å². The molecule has 2 aromatic rings. The van der Waals surface area contributed by atoms with Crippen molar-refractivity contribution in [3.8, 4) is 5.75 Å². The van der Waals surface area contributed by atoms with Crippen molar-refractivity contribution in [2.45, 2.75) is 6.92 Å². The lowest BCUT2D eigenvalue weighted by Gasteiger charge is -2.36. The normalized spacial score (nSPS) is 13.9. The molecule has 1 aliphatic rings. The summed E-state index contributed by atoms with van der Waals surface area (Å²) in [7, 11) is 1.44. The van der Waals surface area contributed by atoms with Crippen molar-refractivity contribution < 1.29 is 19.4 Å². The molecule has 152 valence electrons. The number of nitro benzene ring substituents is 2. The minimum atomic E-state index is -0.507. The molecular formula is C19H20N4O6. The zero-order chi connectivity index (χ0) is 21.1. The Hall–Kier alpha value is -3.69. The fourth-order valence-electron chi connectivity index (χ4n) is 3.42. The zero-order valence-electron chi connectivity index (χ0n) is 16.0. The third-order valence-corrected chi connectivity index (χ3v) is 5.02. The van der Waals surface area contributed by atoms with Crippen LogP contribution < -0.4 is 9.64 Å². The largest absolute Gasteiger partial charge is 0.496 e. The Kier molecular flexibility index (Phi) is 5.62. The molecule has 0 unspecified atom stereocenters. The highest BCUT2D eigenvalue weighted by Crippen LogP contribution is 2.33. The van der Waals surface area contributed by atoms with Gasteiger partial charge in [-0.05, 0) is 25.1 Å². The van der Waals surface area contributed by atoms with Gasteiger partial charge in [0.2, 0.25) is 0 Å². The molecule has 0 saturated carbocycles. The molecule has 0 aliphatic carbocycles. The van der Waals surface area contributed by atoms with Crippen LogP contribution in [0.2, 0.25) is 0 Å². The highest BCUT2D eigenvalue weighted by molar-refractivity contribution is 5.96. The summed E-state index contributed by atoms with van der Waals surface area (Å²) in [6, 6.07) is 9.11. The van der Waals surface area contributed by atoms with Crippen LogP contribution in [0.4, 0.5) is 17.1 Å². The Morgan fingerprint density at radius 2 is 1.66 bits per heavy atom. The van der Waals surface area contributed by atoms with E-state index in [4.69, 9.17) is 4.74 Å². The van der Waals surface area contributed by atoms with Crippen LogP contribution in [0.15, 0.2) is 36.4 Å². The van der Waals surface area contributed by atoms with Crippen LogP contribution in [0.1, 0.15) is 15.9 Å². The monoisotopic (exact) mass is 400 g/mol. The summed E-state index contributed by atoms with van der Waals surface area (Å²) in [6.45, 7) is 3.08. The second-order valence-electron chi connectivity index (χ2n) is 6.60. The number of carbonyl (C=O) groups excluding carboxylic acids is 1. The molecule has 2 aromatic carbocycles. The van der Waals surface area contributed by atoms with Crippen LogP contribution in [0, 0.1) is 27.2 Å². The van der Waals surface area contributed by atoms with Crippen LogP contribution in [0.25, 0.3) is 0 Å². The van der Waals surface area contributed by atoms with Gasteiger partial charge in [-0.3, -0.25) is 25.0 Å². The predicted molar refractivity (Wildman–Crippen MR) is 106 cm³/mol. The Morgan fingerprint density at radius 1 is 1.00 bits per heavy atom. The SMILES string of the molecule is COc1ccc(N2CCN(C(=O)c3cccc([N+](=O)[O-])c3C)CC2)c([N+](=O)[O-])c1.